The molecule has 4 nitrogen and oxygen atoms in total. The highest BCUT2D eigenvalue weighted by Gasteiger charge is 2.63. The van der Waals surface area contributed by atoms with Crippen molar-refractivity contribution in [2.24, 2.45) is 29.1 Å². The molecule has 5 rings (SSSR count). The third-order valence-electron chi connectivity index (χ3n) is 9.86. The highest BCUT2D eigenvalue weighted by molar-refractivity contribution is 5.91. The zero-order valence-electron chi connectivity index (χ0n) is 20.3. The van der Waals surface area contributed by atoms with Crippen LogP contribution in [0.4, 0.5) is 5.69 Å². The molecule has 3 fully saturated rings. The molecule has 4 heteroatoms. The molecule has 7 atom stereocenters. The summed E-state index contributed by atoms with van der Waals surface area (Å²) >= 11 is 0. The molecule has 1 aromatic carbocycles. The number of hydrogen-bond acceptors (Lipinski definition) is 4. The van der Waals surface area contributed by atoms with Gasteiger partial charge in [-0.15, -0.1) is 0 Å². The number of ketones is 1. The van der Waals surface area contributed by atoms with E-state index in [1.807, 2.05) is 12.2 Å². The Morgan fingerprint density at radius 3 is 2.55 bits per heavy atom. The quantitative estimate of drug-likeness (QED) is 0.644. The largest absolute Gasteiger partial charge is 0.392 e. The fourth-order valence-corrected chi connectivity index (χ4v) is 8.23. The lowest BCUT2D eigenvalue weighted by Gasteiger charge is -2.58. The molecule has 4 aliphatic rings. The lowest BCUT2D eigenvalue weighted by molar-refractivity contribution is -0.117. The molecule has 0 amide bonds. The number of allylic oxidation sites excluding steroid dienone is 1. The molecule has 4 aliphatic carbocycles. The molecular weight excluding hydrogens is 410 g/mol. The van der Waals surface area contributed by atoms with Gasteiger partial charge in [0.25, 0.3) is 0 Å². The number of hydrogen-bond donors (Lipinski definition) is 2. The monoisotopic (exact) mass is 449 g/mol. The van der Waals surface area contributed by atoms with Gasteiger partial charge in [0.2, 0.25) is 0 Å². The first-order chi connectivity index (χ1) is 15.8. The average molecular weight is 450 g/mol. The Hall–Kier alpha value is -1.91. The van der Waals surface area contributed by atoms with Gasteiger partial charge >= 0.3 is 0 Å². The first-order valence-electron chi connectivity index (χ1n) is 12.8. The summed E-state index contributed by atoms with van der Waals surface area (Å²) in [5.74, 6) is 2.73. The number of aliphatic hydroxyl groups is 2. The minimum Gasteiger partial charge on any atom is -0.392 e. The number of rotatable bonds is 4. The zero-order valence-corrected chi connectivity index (χ0v) is 20.3. The van der Waals surface area contributed by atoms with E-state index in [9.17, 15) is 15.0 Å². The van der Waals surface area contributed by atoms with Crippen molar-refractivity contribution in [1.82, 2.24) is 0 Å². The van der Waals surface area contributed by atoms with E-state index in [2.05, 4.69) is 50.2 Å². The summed E-state index contributed by atoms with van der Waals surface area (Å²) in [7, 11) is 4.14. The van der Waals surface area contributed by atoms with Gasteiger partial charge in [-0.1, -0.05) is 36.8 Å². The van der Waals surface area contributed by atoms with Gasteiger partial charge in [-0.3, -0.25) is 4.79 Å². The molecule has 0 spiro atoms. The number of nitrogens with zero attached hydrogens (tertiary/aromatic N) is 1. The van der Waals surface area contributed by atoms with Crippen molar-refractivity contribution in [2.45, 2.75) is 63.4 Å². The molecule has 2 N–H and O–H groups in total. The summed E-state index contributed by atoms with van der Waals surface area (Å²) in [6, 6.07) is 9.03. The summed E-state index contributed by atoms with van der Waals surface area (Å²) in [6.07, 6.45) is 12.2. The van der Waals surface area contributed by atoms with Crippen LogP contribution in [0.1, 0.15) is 63.4 Å². The molecule has 33 heavy (non-hydrogen) atoms. The van der Waals surface area contributed by atoms with Gasteiger partial charge in [-0.05, 0) is 91.9 Å². The van der Waals surface area contributed by atoms with Crippen molar-refractivity contribution in [2.75, 3.05) is 25.6 Å². The SMILES string of the molecule is CN(C)c1ccc([C@H]2C[C@@]3(C)[C@@H](CC[C@@]3(O)/C=C\CO)[C@@H]3CCC4=CC(=O)CC[C@@H]4[C@H]32)cc1. The Bertz CT molecular complexity index is 964. The van der Waals surface area contributed by atoms with Crippen LogP contribution in [0.15, 0.2) is 48.1 Å². The minimum absolute atomic E-state index is 0.0329. The number of anilines is 1. The van der Waals surface area contributed by atoms with Crippen molar-refractivity contribution in [3.63, 3.8) is 0 Å². The smallest absolute Gasteiger partial charge is 0.155 e. The fraction of sp³-hybridized carbons (Fsp3) is 0.621. The van der Waals surface area contributed by atoms with Crippen LogP contribution in [0.2, 0.25) is 0 Å². The van der Waals surface area contributed by atoms with Gasteiger partial charge < -0.3 is 15.1 Å². The fourth-order valence-electron chi connectivity index (χ4n) is 8.23. The van der Waals surface area contributed by atoms with Crippen LogP contribution >= 0.6 is 0 Å². The maximum Gasteiger partial charge on any atom is 0.155 e. The van der Waals surface area contributed by atoms with Crippen LogP contribution in [0, 0.1) is 29.1 Å². The third-order valence-corrected chi connectivity index (χ3v) is 9.86. The summed E-state index contributed by atoms with van der Waals surface area (Å²) in [4.78, 5) is 14.3. The van der Waals surface area contributed by atoms with E-state index in [1.54, 1.807) is 6.08 Å². The van der Waals surface area contributed by atoms with Gasteiger partial charge in [-0.2, -0.15) is 0 Å². The second kappa shape index (κ2) is 8.39. The Morgan fingerprint density at radius 2 is 1.85 bits per heavy atom. The molecular formula is C29H39NO3. The Kier molecular flexibility index (Phi) is 5.81. The average Bonchev–Trinajstić information content (AvgIpc) is 3.07. The van der Waals surface area contributed by atoms with Gasteiger partial charge in [0, 0.05) is 31.6 Å². The summed E-state index contributed by atoms with van der Waals surface area (Å²) < 4.78 is 0. The molecule has 0 heterocycles. The molecule has 0 unspecified atom stereocenters. The maximum atomic E-state index is 12.2. The van der Waals surface area contributed by atoms with Crippen molar-refractivity contribution < 1.29 is 15.0 Å². The van der Waals surface area contributed by atoms with Gasteiger partial charge in [0.1, 0.15) is 0 Å². The zero-order chi connectivity index (χ0) is 23.4. The van der Waals surface area contributed by atoms with Crippen LogP contribution in [0.25, 0.3) is 0 Å². The molecule has 0 radical (unpaired) electrons. The third kappa shape index (κ3) is 3.61. The maximum absolute atomic E-state index is 12.2. The van der Waals surface area contributed by atoms with Crippen molar-refractivity contribution in [1.29, 1.82) is 0 Å². The molecule has 1 aromatic rings. The minimum atomic E-state index is -0.869. The molecule has 0 bridgehead atoms. The predicted molar refractivity (Wildman–Crippen MR) is 132 cm³/mol. The number of benzene rings is 1. The standard InChI is InChI=1S/C29H39NO3/c1-28-18-25(19-5-8-21(9-6-19)30(2)3)27-23-12-10-22(32)17-20(23)7-11-24(27)26(28)13-15-29(28,33)14-4-16-31/h4-6,8-9,14,17,23-27,31,33H,7,10-13,15-16,18H2,1-3H3/b14-4-/t23-,24-,25+,26-,27+,28-,29-/m0/s1. The lowest BCUT2D eigenvalue weighted by Crippen LogP contribution is -2.54. The molecule has 0 saturated heterocycles. The van der Waals surface area contributed by atoms with E-state index in [0.717, 1.165) is 38.5 Å². The second-order valence-electron chi connectivity index (χ2n) is 11.5. The Labute approximate surface area is 198 Å². The highest BCUT2D eigenvalue weighted by atomic mass is 16.3. The first kappa shape index (κ1) is 22.9. The molecule has 178 valence electrons. The van der Waals surface area contributed by atoms with Crippen LogP contribution in [0.5, 0.6) is 0 Å². The Balaban J connectivity index is 1.59. The molecule has 0 aromatic heterocycles. The van der Waals surface area contributed by atoms with Crippen LogP contribution in [0.3, 0.4) is 0 Å². The van der Waals surface area contributed by atoms with E-state index < -0.39 is 5.60 Å². The van der Waals surface area contributed by atoms with E-state index in [-0.39, 0.29) is 12.0 Å². The number of aliphatic hydroxyl groups excluding tert-OH is 1. The van der Waals surface area contributed by atoms with Crippen molar-refractivity contribution >= 4 is 11.5 Å². The van der Waals surface area contributed by atoms with Crippen LogP contribution < -0.4 is 4.90 Å². The van der Waals surface area contributed by atoms with Gasteiger partial charge in [0.05, 0.1) is 12.2 Å². The lowest BCUT2D eigenvalue weighted by atomic mass is 9.46. The van der Waals surface area contributed by atoms with Crippen molar-refractivity contribution in [3.05, 3.63) is 53.6 Å². The summed E-state index contributed by atoms with van der Waals surface area (Å²) in [5.41, 5.74) is 2.88. The Morgan fingerprint density at radius 1 is 1.09 bits per heavy atom. The first-order valence-corrected chi connectivity index (χ1v) is 12.8. The highest BCUT2D eigenvalue weighted by Crippen LogP contribution is 2.68. The van der Waals surface area contributed by atoms with Gasteiger partial charge in [0.15, 0.2) is 5.78 Å². The molecule has 3 saturated carbocycles. The summed E-state index contributed by atoms with van der Waals surface area (Å²) in [6.45, 7) is 2.27. The molecule has 0 aliphatic heterocycles. The predicted octanol–water partition coefficient (Wildman–Crippen LogP) is 4.87. The summed E-state index contributed by atoms with van der Waals surface area (Å²) in [5, 5.41) is 21.3. The van der Waals surface area contributed by atoms with E-state index in [4.69, 9.17) is 0 Å². The van der Waals surface area contributed by atoms with E-state index >= 15 is 0 Å². The van der Waals surface area contributed by atoms with E-state index in [0.29, 0.717) is 41.8 Å². The number of carbonyl (C=O) groups is 1. The van der Waals surface area contributed by atoms with Gasteiger partial charge in [-0.25, -0.2) is 0 Å². The van der Waals surface area contributed by atoms with Crippen molar-refractivity contribution in [3.8, 4) is 0 Å². The normalized spacial score (nSPS) is 40.2. The number of carbonyl (C=O) groups excluding carboxylic acids is 1. The second-order valence-corrected chi connectivity index (χ2v) is 11.5. The van der Waals surface area contributed by atoms with Crippen LogP contribution in [-0.2, 0) is 4.79 Å². The topological polar surface area (TPSA) is 60.8 Å². The van der Waals surface area contributed by atoms with Crippen LogP contribution in [-0.4, -0.2) is 42.3 Å². The van der Waals surface area contributed by atoms with E-state index in [1.165, 1.54) is 16.8 Å². The number of fused-ring (bicyclic) bond motifs is 5.